The molecule has 0 aliphatic carbocycles. The molecule has 0 radical (unpaired) electrons. The standard InChI is InChI=1S/C14H27N3/c1-3-4-5-6-7-9-14(2)15-11-13-17-12-8-10-16-17/h8,10,12,14-15H,3-7,9,11,13H2,1-2H3. The third-order valence-corrected chi connectivity index (χ3v) is 3.13. The second kappa shape index (κ2) is 9.23. The molecule has 3 heteroatoms. The van der Waals surface area contributed by atoms with Crippen molar-refractivity contribution in [1.82, 2.24) is 15.1 Å². The van der Waals surface area contributed by atoms with Crippen LogP contribution in [0.3, 0.4) is 0 Å². The van der Waals surface area contributed by atoms with Crippen molar-refractivity contribution in [1.29, 1.82) is 0 Å². The van der Waals surface area contributed by atoms with Gasteiger partial charge in [0.15, 0.2) is 0 Å². The minimum atomic E-state index is 0.632. The van der Waals surface area contributed by atoms with E-state index in [0.29, 0.717) is 6.04 Å². The first-order valence-electron chi connectivity index (χ1n) is 7.03. The van der Waals surface area contributed by atoms with E-state index >= 15 is 0 Å². The summed E-state index contributed by atoms with van der Waals surface area (Å²) in [6, 6.07) is 2.60. The van der Waals surface area contributed by atoms with Gasteiger partial charge in [0.05, 0.1) is 6.54 Å². The Morgan fingerprint density at radius 1 is 1.24 bits per heavy atom. The first-order valence-corrected chi connectivity index (χ1v) is 7.03. The fourth-order valence-corrected chi connectivity index (χ4v) is 2.01. The predicted molar refractivity (Wildman–Crippen MR) is 73.1 cm³/mol. The number of nitrogens with zero attached hydrogens (tertiary/aromatic N) is 2. The second-order valence-electron chi connectivity index (χ2n) is 4.83. The molecule has 1 aromatic heterocycles. The number of hydrogen-bond donors (Lipinski definition) is 1. The van der Waals surface area contributed by atoms with E-state index in [1.54, 1.807) is 0 Å². The molecule has 1 rings (SSSR count). The van der Waals surface area contributed by atoms with Crippen LogP contribution in [0.1, 0.15) is 52.4 Å². The van der Waals surface area contributed by atoms with Gasteiger partial charge in [-0.25, -0.2) is 0 Å². The average molecular weight is 237 g/mol. The first-order chi connectivity index (χ1) is 8.33. The van der Waals surface area contributed by atoms with Crippen molar-refractivity contribution in [2.45, 2.75) is 65.0 Å². The Morgan fingerprint density at radius 3 is 2.76 bits per heavy atom. The van der Waals surface area contributed by atoms with Crippen LogP contribution < -0.4 is 5.32 Å². The highest BCUT2D eigenvalue weighted by Gasteiger charge is 2.00. The Balaban J connectivity index is 1.92. The third kappa shape index (κ3) is 7.16. The van der Waals surface area contributed by atoms with Crippen molar-refractivity contribution >= 4 is 0 Å². The fraction of sp³-hybridized carbons (Fsp3) is 0.786. The van der Waals surface area contributed by atoms with E-state index in [1.807, 2.05) is 23.1 Å². The minimum absolute atomic E-state index is 0.632. The molecule has 0 saturated carbocycles. The number of nitrogens with one attached hydrogen (secondary N) is 1. The van der Waals surface area contributed by atoms with Gasteiger partial charge in [-0.15, -0.1) is 0 Å². The van der Waals surface area contributed by atoms with Crippen molar-refractivity contribution in [3.8, 4) is 0 Å². The highest BCUT2D eigenvalue weighted by molar-refractivity contribution is 4.77. The summed E-state index contributed by atoms with van der Waals surface area (Å²) in [4.78, 5) is 0. The molecule has 0 fully saturated rings. The lowest BCUT2D eigenvalue weighted by atomic mass is 10.1. The van der Waals surface area contributed by atoms with Gasteiger partial charge in [-0.2, -0.15) is 5.10 Å². The lowest BCUT2D eigenvalue weighted by Crippen LogP contribution is -2.29. The Kier molecular flexibility index (Phi) is 7.72. The zero-order valence-electron chi connectivity index (χ0n) is 11.4. The summed E-state index contributed by atoms with van der Waals surface area (Å²) in [5.41, 5.74) is 0. The summed E-state index contributed by atoms with van der Waals surface area (Å²) in [6.07, 6.45) is 12.0. The summed E-state index contributed by atoms with van der Waals surface area (Å²) in [6.45, 7) is 6.52. The van der Waals surface area contributed by atoms with E-state index < -0.39 is 0 Å². The van der Waals surface area contributed by atoms with Crippen LogP contribution in [-0.4, -0.2) is 22.4 Å². The predicted octanol–water partition coefficient (Wildman–Crippen LogP) is 3.22. The molecule has 0 bridgehead atoms. The van der Waals surface area contributed by atoms with Gasteiger partial charge in [-0.05, 0) is 19.4 Å². The molecular weight excluding hydrogens is 210 g/mol. The maximum absolute atomic E-state index is 4.19. The first kappa shape index (κ1) is 14.2. The number of hydrogen-bond acceptors (Lipinski definition) is 2. The van der Waals surface area contributed by atoms with Crippen molar-refractivity contribution in [2.24, 2.45) is 0 Å². The van der Waals surface area contributed by atoms with Crippen LogP contribution in [0.25, 0.3) is 0 Å². The van der Waals surface area contributed by atoms with Crippen LogP contribution in [0.2, 0.25) is 0 Å². The van der Waals surface area contributed by atoms with Gasteiger partial charge in [0.25, 0.3) is 0 Å². The summed E-state index contributed by atoms with van der Waals surface area (Å²) in [5.74, 6) is 0. The zero-order valence-corrected chi connectivity index (χ0v) is 11.4. The van der Waals surface area contributed by atoms with Crippen LogP contribution in [-0.2, 0) is 6.54 Å². The Morgan fingerprint density at radius 2 is 2.06 bits per heavy atom. The van der Waals surface area contributed by atoms with Gasteiger partial charge in [-0.1, -0.05) is 39.0 Å². The van der Waals surface area contributed by atoms with Gasteiger partial charge < -0.3 is 5.32 Å². The highest BCUT2D eigenvalue weighted by Crippen LogP contribution is 2.06. The molecule has 1 heterocycles. The fourth-order valence-electron chi connectivity index (χ4n) is 2.01. The summed E-state index contributed by atoms with van der Waals surface area (Å²) < 4.78 is 1.97. The monoisotopic (exact) mass is 237 g/mol. The van der Waals surface area contributed by atoms with Gasteiger partial charge in [0, 0.05) is 25.0 Å². The van der Waals surface area contributed by atoms with E-state index in [2.05, 4.69) is 24.3 Å². The van der Waals surface area contributed by atoms with Gasteiger partial charge >= 0.3 is 0 Å². The number of unbranched alkanes of at least 4 members (excludes halogenated alkanes) is 4. The van der Waals surface area contributed by atoms with Crippen molar-refractivity contribution in [3.63, 3.8) is 0 Å². The van der Waals surface area contributed by atoms with E-state index in [1.165, 1.54) is 38.5 Å². The highest BCUT2D eigenvalue weighted by atomic mass is 15.3. The molecule has 98 valence electrons. The maximum Gasteiger partial charge on any atom is 0.0534 e. The van der Waals surface area contributed by atoms with Crippen LogP contribution >= 0.6 is 0 Å². The molecule has 0 saturated heterocycles. The molecular formula is C14H27N3. The molecule has 0 spiro atoms. The quantitative estimate of drug-likeness (QED) is 0.633. The molecule has 17 heavy (non-hydrogen) atoms. The number of aromatic nitrogens is 2. The topological polar surface area (TPSA) is 29.9 Å². The van der Waals surface area contributed by atoms with Gasteiger partial charge in [0.1, 0.15) is 0 Å². The van der Waals surface area contributed by atoms with E-state index in [0.717, 1.165) is 13.1 Å². The molecule has 0 aliphatic rings. The number of rotatable bonds is 10. The van der Waals surface area contributed by atoms with Crippen molar-refractivity contribution in [2.75, 3.05) is 6.54 Å². The average Bonchev–Trinajstić information content (AvgIpc) is 2.82. The van der Waals surface area contributed by atoms with E-state index in [-0.39, 0.29) is 0 Å². The van der Waals surface area contributed by atoms with Crippen LogP contribution in [0, 0.1) is 0 Å². The normalized spacial score (nSPS) is 12.8. The minimum Gasteiger partial charge on any atom is -0.312 e. The second-order valence-corrected chi connectivity index (χ2v) is 4.83. The SMILES string of the molecule is CCCCCCCC(C)NCCn1cccn1. The van der Waals surface area contributed by atoms with Gasteiger partial charge in [0.2, 0.25) is 0 Å². The summed E-state index contributed by atoms with van der Waals surface area (Å²) in [5, 5.41) is 7.74. The van der Waals surface area contributed by atoms with E-state index in [9.17, 15) is 0 Å². The molecule has 1 unspecified atom stereocenters. The zero-order chi connectivity index (χ0) is 12.3. The smallest absolute Gasteiger partial charge is 0.0534 e. The van der Waals surface area contributed by atoms with Crippen LogP contribution in [0.5, 0.6) is 0 Å². The Hall–Kier alpha value is -0.830. The molecule has 3 nitrogen and oxygen atoms in total. The third-order valence-electron chi connectivity index (χ3n) is 3.13. The summed E-state index contributed by atoms with van der Waals surface area (Å²) in [7, 11) is 0. The van der Waals surface area contributed by atoms with Crippen molar-refractivity contribution in [3.05, 3.63) is 18.5 Å². The molecule has 1 atom stereocenters. The maximum atomic E-state index is 4.19. The van der Waals surface area contributed by atoms with Gasteiger partial charge in [-0.3, -0.25) is 4.68 Å². The lowest BCUT2D eigenvalue weighted by Gasteiger charge is -2.13. The Bertz CT molecular complexity index is 256. The van der Waals surface area contributed by atoms with Crippen LogP contribution in [0.4, 0.5) is 0 Å². The molecule has 1 aromatic rings. The largest absolute Gasteiger partial charge is 0.312 e. The molecule has 0 aromatic carbocycles. The molecule has 1 N–H and O–H groups in total. The van der Waals surface area contributed by atoms with Crippen molar-refractivity contribution < 1.29 is 0 Å². The van der Waals surface area contributed by atoms with E-state index in [4.69, 9.17) is 0 Å². The molecule has 0 amide bonds. The summed E-state index contributed by atoms with van der Waals surface area (Å²) >= 11 is 0. The van der Waals surface area contributed by atoms with Crippen LogP contribution in [0.15, 0.2) is 18.5 Å². The Labute approximate surface area is 106 Å². The lowest BCUT2D eigenvalue weighted by molar-refractivity contribution is 0.455. The molecule has 0 aliphatic heterocycles.